The molecule has 14 heavy (non-hydrogen) atoms. The highest BCUT2D eigenvalue weighted by molar-refractivity contribution is 5.61. The Hall–Kier alpha value is -1.55. The Morgan fingerprint density at radius 3 is 2.50 bits per heavy atom. The lowest BCUT2D eigenvalue weighted by atomic mass is 9.92. The first-order valence-electron chi connectivity index (χ1n) is 4.77. The van der Waals surface area contributed by atoms with E-state index < -0.39 is 0 Å². The summed E-state index contributed by atoms with van der Waals surface area (Å²) < 4.78 is 0. The average molecular weight is 185 g/mol. The average Bonchev–Trinajstić information content (AvgIpc) is 2.16. The zero-order valence-corrected chi connectivity index (χ0v) is 8.96. The van der Waals surface area contributed by atoms with Crippen molar-refractivity contribution < 1.29 is 0 Å². The molecule has 1 rings (SSSR count). The summed E-state index contributed by atoms with van der Waals surface area (Å²) in [6.45, 7) is 9.97. The van der Waals surface area contributed by atoms with E-state index in [9.17, 15) is 0 Å². The molecule has 0 aliphatic carbocycles. The van der Waals surface area contributed by atoms with Crippen LogP contribution in [0.5, 0.6) is 0 Å². The molecule has 0 aliphatic rings. The molecule has 0 N–H and O–H groups in total. The number of nitriles is 1. The zero-order chi connectivity index (χ0) is 10.7. The Bertz CT molecular complexity index is 394. The summed E-state index contributed by atoms with van der Waals surface area (Å²) >= 11 is 0. The summed E-state index contributed by atoms with van der Waals surface area (Å²) in [6, 6.07) is 6.33. The third-order valence-electron chi connectivity index (χ3n) is 2.30. The molecule has 0 aromatic heterocycles. The molecule has 0 bridgehead atoms. The van der Waals surface area contributed by atoms with Crippen LogP contribution in [0.4, 0.5) is 0 Å². The molecule has 0 saturated carbocycles. The molecule has 0 unspecified atom stereocenters. The van der Waals surface area contributed by atoms with E-state index in [-0.39, 0.29) is 0 Å². The molecular formula is C13H15N. The van der Waals surface area contributed by atoms with Gasteiger partial charge in [0.15, 0.2) is 0 Å². The van der Waals surface area contributed by atoms with Crippen molar-refractivity contribution in [1.29, 1.82) is 5.26 Å². The van der Waals surface area contributed by atoms with Crippen molar-refractivity contribution in [3.8, 4) is 6.07 Å². The molecule has 0 spiro atoms. The van der Waals surface area contributed by atoms with E-state index in [1.165, 1.54) is 5.56 Å². The van der Waals surface area contributed by atoms with E-state index >= 15 is 0 Å². The van der Waals surface area contributed by atoms with Crippen LogP contribution >= 0.6 is 0 Å². The Morgan fingerprint density at radius 2 is 2.07 bits per heavy atom. The van der Waals surface area contributed by atoms with Gasteiger partial charge in [0.05, 0.1) is 5.56 Å². The largest absolute Gasteiger partial charge is 0.192 e. The molecule has 1 aromatic rings. The molecule has 72 valence electrons. The first-order valence-corrected chi connectivity index (χ1v) is 4.77. The van der Waals surface area contributed by atoms with Gasteiger partial charge in [-0.1, -0.05) is 44.2 Å². The Balaban J connectivity index is 3.49. The number of rotatable bonds is 2. The van der Waals surface area contributed by atoms with Crippen LogP contribution in [-0.2, 0) is 0 Å². The third kappa shape index (κ3) is 1.85. The second kappa shape index (κ2) is 4.11. The van der Waals surface area contributed by atoms with Gasteiger partial charge >= 0.3 is 0 Å². The van der Waals surface area contributed by atoms with Crippen LogP contribution in [-0.4, -0.2) is 0 Å². The molecule has 0 atom stereocenters. The van der Waals surface area contributed by atoms with Gasteiger partial charge in [0.25, 0.3) is 0 Å². The quantitative estimate of drug-likeness (QED) is 0.690. The second-order valence-corrected chi connectivity index (χ2v) is 3.79. The highest BCUT2D eigenvalue weighted by Gasteiger charge is 2.10. The molecule has 1 heteroatoms. The molecule has 1 aromatic carbocycles. The Kier molecular flexibility index (Phi) is 3.09. The fourth-order valence-electron chi connectivity index (χ4n) is 1.59. The highest BCUT2D eigenvalue weighted by atomic mass is 14.3. The lowest BCUT2D eigenvalue weighted by molar-refractivity contribution is 0.860. The number of nitrogens with zero attached hydrogens (tertiary/aromatic N) is 1. The number of hydrogen-bond acceptors (Lipinski definition) is 1. The number of hydrogen-bond donors (Lipinski definition) is 0. The van der Waals surface area contributed by atoms with Crippen molar-refractivity contribution in [2.45, 2.75) is 26.7 Å². The molecular weight excluding hydrogens is 170 g/mol. The number of benzene rings is 1. The molecule has 0 fully saturated rings. The van der Waals surface area contributed by atoms with Crippen molar-refractivity contribution in [2.75, 3.05) is 0 Å². The van der Waals surface area contributed by atoms with E-state index in [0.717, 1.165) is 16.7 Å². The van der Waals surface area contributed by atoms with Gasteiger partial charge in [-0.25, -0.2) is 0 Å². The fourth-order valence-corrected chi connectivity index (χ4v) is 1.59. The normalized spacial score (nSPS) is 9.93. The molecule has 1 nitrogen and oxygen atoms in total. The Morgan fingerprint density at radius 1 is 1.43 bits per heavy atom. The van der Waals surface area contributed by atoms with Crippen LogP contribution in [0.3, 0.4) is 0 Å². The topological polar surface area (TPSA) is 23.8 Å². The monoisotopic (exact) mass is 185 g/mol. The van der Waals surface area contributed by atoms with Crippen molar-refractivity contribution in [2.24, 2.45) is 0 Å². The lowest BCUT2D eigenvalue weighted by Gasteiger charge is -2.11. The van der Waals surface area contributed by atoms with Crippen molar-refractivity contribution in [3.63, 3.8) is 0 Å². The van der Waals surface area contributed by atoms with Gasteiger partial charge in [0.1, 0.15) is 6.07 Å². The van der Waals surface area contributed by atoms with Crippen molar-refractivity contribution in [1.82, 2.24) is 0 Å². The van der Waals surface area contributed by atoms with Crippen LogP contribution < -0.4 is 0 Å². The molecule has 0 heterocycles. The van der Waals surface area contributed by atoms with Crippen LogP contribution in [0.15, 0.2) is 18.7 Å². The minimum absolute atomic E-state index is 0.378. The van der Waals surface area contributed by atoms with Gasteiger partial charge in [-0.15, -0.1) is 0 Å². The Labute approximate surface area is 85.7 Å². The number of aryl methyl sites for hydroxylation is 1. The SMILES string of the molecule is C=Cc1cc(C)cc(C(C)C)c1C#N. The fraction of sp³-hybridized carbons (Fsp3) is 0.308. The van der Waals surface area contributed by atoms with Gasteiger partial charge in [-0.3, -0.25) is 0 Å². The molecule has 0 amide bonds. The third-order valence-corrected chi connectivity index (χ3v) is 2.30. The summed E-state index contributed by atoms with van der Waals surface area (Å²) in [5.41, 5.74) is 4.00. The van der Waals surface area contributed by atoms with Gasteiger partial charge in [0.2, 0.25) is 0 Å². The van der Waals surface area contributed by atoms with E-state index in [1.807, 2.05) is 13.0 Å². The van der Waals surface area contributed by atoms with Crippen molar-refractivity contribution in [3.05, 3.63) is 41.0 Å². The minimum atomic E-state index is 0.378. The smallest absolute Gasteiger partial charge is 0.100 e. The summed E-state index contributed by atoms with van der Waals surface area (Å²) in [5, 5.41) is 9.07. The van der Waals surface area contributed by atoms with Crippen LogP contribution in [0.1, 0.15) is 42.0 Å². The van der Waals surface area contributed by atoms with Gasteiger partial charge < -0.3 is 0 Å². The van der Waals surface area contributed by atoms with Gasteiger partial charge in [0, 0.05) is 0 Å². The first-order chi connectivity index (χ1) is 6.60. The van der Waals surface area contributed by atoms with Gasteiger partial charge in [-0.05, 0) is 24.0 Å². The molecule has 0 saturated heterocycles. The summed E-state index contributed by atoms with van der Waals surface area (Å²) in [6.07, 6.45) is 1.75. The van der Waals surface area contributed by atoms with Crippen LogP contribution in [0.2, 0.25) is 0 Å². The van der Waals surface area contributed by atoms with Crippen molar-refractivity contribution >= 4 is 6.08 Å². The summed E-state index contributed by atoms with van der Waals surface area (Å²) in [4.78, 5) is 0. The predicted octanol–water partition coefficient (Wildman–Crippen LogP) is 3.63. The maximum atomic E-state index is 9.07. The lowest BCUT2D eigenvalue weighted by Crippen LogP contribution is -1.96. The maximum Gasteiger partial charge on any atom is 0.100 e. The second-order valence-electron chi connectivity index (χ2n) is 3.79. The van der Waals surface area contributed by atoms with Crippen LogP contribution in [0, 0.1) is 18.3 Å². The van der Waals surface area contributed by atoms with E-state index in [1.54, 1.807) is 6.08 Å². The predicted molar refractivity (Wildman–Crippen MR) is 60.1 cm³/mol. The van der Waals surface area contributed by atoms with E-state index in [0.29, 0.717) is 5.92 Å². The molecule has 0 radical (unpaired) electrons. The minimum Gasteiger partial charge on any atom is -0.192 e. The molecule has 0 aliphatic heterocycles. The standard InChI is InChI=1S/C13H15N/c1-5-11-6-10(4)7-12(9(2)3)13(11)8-14/h5-7,9H,1H2,2-4H3. The summed E-state index contributed by atoms with van der Waals surface area (Å²) in [5.74, 6) is 0.378. The summed E-state index contributed by atoms with van der Waals surface area (Å²) in [7, 11) is 0. The highest BCUT2D eigenvalue weighted by Crippen LogP contribution is 2.24. The van der Waals surface area contributed by atoms with E-state index in [4.69, 9.17) is 5.26 Å². The van der Waals surface area contributed by atoms with Crippen LogP contribution in [0.25, 0.3) is 6.08 Å². The first kappa shape index (κ1) is 10.5. The van der Waals surface area contributed by atoms with E-state index in [2.05, 4.69) is 32.6 Å². The zero-order valence-electron chi connectivity index (χ0n) is 8.96. The van der Waals surface area contributed by atoms with Gasteiger partial charge in [-0.2, -0.15) is 5.26 Å². The maximum absolute atomic E-state index is 9.07.